The minimum atomic E-state index is -0.938. The lowest BCUT2D eigenvalue weighted by Gasteiger charge is -2.39. The lowest BCUT2D eigenvalue weighted by Crippen LogP contribution is -2.55. The van der Waals surface area contributed by atoms with Gasteiger partial charge in [-0.25, -0.2) is 0 Å². The molecule has 0 fully saturated rings. The average Bonchev–Trinajstić information content (AvgIpc) is 2.37. The Morgan fingerprint density at radius 1 is 1.40 bits per heavy atom. The minimum absolute atomic E-state index is 0.289. The van der Waals surface area contributed by atoms with Crippen LogP contribution in [0.5, 0.6) is 0 Å². The Morgan fingerprint density at radius 3 is 2.45 bits per heavy atom. The van der Waals surface area contributed by atoms with Gasteiger partial charge in [-0.1, -0.05) is 23.7 Å². The van der Waals surface area contributed by atoms with E-state index in [2.05, 4.69) is 0 Å². The molecule has 0 saturated carbocycles. The Morgan fingerprint density at radius 2 is 2.00 bits per heavy atom. The SMILES string of the molecule is CC(C(=O)c1cccc(Cl)c1)N(C(=O)Cl)C(C)(C)CO. The first-order valence-electron chi connectivity index (χ1n) is 6.10. The second kappa shape index (κ2) is 6.57. The van der Waals surface area contributed by atoms with Gasteiger partial charge in [0.25, 0.3) is 0 Å². The van der Waals surface area contributed by atoms with Crippen LogP contribution >= 0.6 is 23.2 Å². The second-order valence-electron chi connectivity index (χ2n) is 5.14. The fraction of sp³-hybridized carbons (Fsp3) is 0.429. The van der Waals surface area contributed by atoms with Crippen molar-refractivity contribution < 1.29 is 14.7 Å². The Bertz CT molecular complexity index is 517. The summed E-state index contributed by atoms with van der Waals surface area (Å²) in [6, 6.07) is 5.66. The minimum Gasteiger partial charge on any atom is -0.394 e. The van der Waals surface area contributed by atoms with Crippen molar-refractivity contribution in [1.82, 2.24) is 4.90 Å². The van der Waals surface area contributed by atoms with Crippen molar-refractivity contribution in [3.05, 3.63) is 34.9 Å². The van der Waals surface area contributed by atoms with Crippen LogP contribution in [0.15, 0.2) is 24.3 Å². The van der Waals surface area contributed by atoms with Crippen molar-refractivity contribution in [1.29, 1.82) is 0 Å². The molecule has 1 aromatic rings. The zero-order chi connectivity index (χ0) is 15.5. The molecule has 0 spiro atoms. The van der Waals surface area contributed by atoms with E-state index in [1.54, 1.807) is 39.0 Å². The predicted octanol–water partition coefficient (Wildman–Crippen LogP) is 3.34. The van der Waals surface area contributed by atoms with Gasteiger partial charge in [0.15, 0.2) is 5.78 Å². The summed E-state index contributed by atoms with van der Waals surface area (Å²) < 4.78 is 0. The Kier molecular flexibility index (Phi) is 5.57. The maximum absolute atomic E-state index is 12.4. The van der Waals surface area contributed by atoms with Gasteiger partial charge in [-0.2, -0.15) is 0 Å². The highest BCUT2D eigenvalue weighted by Crippen LogP contribution is 2.23. The number of aliphatic hydroxyl groups is 1. The first-order chi connectivity index (χ1) is 9.20. The van der Waals surface area contributed by atoms with Crippen LogP contribution in [0, 0.1) is 0 Å². The largest absolute Gasteiger partial charge is 0.394 e. The predicted molar refractivity (Wildman–Crippen MR) is 79.5 cm³/mol. The number of nitrogens with zero attached hydrogens (tertiary/aromatic N) is 1. The number of rotatable bonds is 5. The number of halogens is 2. The number of carbonyl (C=O) groups excluding carboxylic acids is 2. The van der Waals surface area contributed by atoms with Crippen molar-refractivity contribution in [2.45, 2.75) is 32.4 Å². The van der Waals surface area contributed by atoms with Crippen LogP contribution < -0.4 is 0 Å². The molecule has 0 aliphatic carbocycles. The average molecular weight is 318 g/mol. The molecule has 0 aliphatic heterocycles. The Balaban J connectivity index is 3.10. The highest BCUT2D eigenvalue weighted by Gasteiger charge is 2.36. The third-order valence-corrected chi connectivity index (χ3v) is 3.52. The van der Waals surface area contributed by atoms with E-state index in [9.17, 15) is 14.7 Å². The molecule has 1 aromatic carbocycles. The van der Waals surface area contributed by atoms with E-state index >= 15 is 0 Å². The molecule has 0 bridgehead atoms. The normalized spacial score (nSPS) is 12.9. The molecule has 1 atom stereocenters. The summed E-state index contributed by atoms with van der Waals surface area (Å²) in [6.45, 7) is 4.53. The van der Waals surface area contributed by atoms with Gasteiger partial charge in [0, 0.05) is 10.6 Å². The van der Waals surface area contributed by atoms with E-state index in [1.807, 2.05) is 0 Å². The molecule has 0 saturated heterocycles. The summed E-state index contributed by atoms with van der Waals surface area (Å²) in [5.41, 5.74) is -0.548. The molecule has 0 aliphatic rings. The van der Waals surface area contributed by atoms with Gasteiger partial charge in [-0.3, -0.25) is 9.59 Å². The van der Waals surface area contributed by atoms with E-state index in [0.717, 1.165) is 4.90 Å². The van der Waals surface area contributed by atoms with Crippen LogP contribution in [0.1, 0.15) is 31.1 Å². The smallest absolute Gasteiger partial charge is 0.317 e. The second-order valence-corrected chi connectivity index (χ2v) is 5.90. The van der Waals surface area contributed by atoms with E-state index in [1.165, 1.54) is 6.07 Å². The number of hydrogen-bond acceptors (Lipinski definition) is 3. The van der Waals surface area contributed by atoms with Crippen molar-refractivity contribution in [3.8, 4) is 0 Å². The summed E-state index contributed by atoms with van der Waals surface area (Å²) >= 11 is 11.4. The number of amides is 1. The number of carbonyl (C=O) groups is 2. The van der Waals surface area contributed by atoms with Gasteiger partial charge >= 0.3 is 5.37 Å². The summed E-state index contributed by atoms with van der Waals surface area (Å²) in [5.74, 6) is -0.289. The molecule has 1 N–H and O–H groups in total. The molecule has 1 rings (SSSR count). The van der Waals surface area contributed by atoms with Crippen LogP contribution in [0.3, 0.4) is 0 Å². The van der Waals surface area contributed by atoms with Crippen molar-refractivity contribution in [3.63, 3.8) is 0 Å². The lowest BCUT2D eigenvalue weighted by molar-refractivity contribution is 0.0552. The summed E-state index contributed by atoms with van der Waals surface area (Å²) in [5, 5.41) is 9.03. The maximum Gasteiger partial charge on any atom is 0.317 e. The maximum atomic E-state index is 12.4. The zero-order valence-electron chi connectivity index (χ0n) is 11.6. The molecule has 6 heteroatoms. The number of hydrogen-bond donors (Lipinski definition) is 1. The van der Waals surface area contributed by atoms with Gasteiger partial charge in [0.2, 0.25) is 0 Å². The first kappa shape index (κ1) is 17.0. The molecule has 0 radical (unpaired) electrons. The van der Waals surface area contributed by atoms with Crippen LogP contribution in [0.2, 0.25) is 5.02 Å². The van der Waals surface area contributed by atoms with Gasteiger partial charge in [-0.15, -0.1) is 0 Å². The molecule has 1 unspecified atom stereocenters. The molecule has 110 valence electrons. The monoisotopic (exact) mass is 317 g/mol. The number of ketones is 1. The van der Waals surface area contributed by atoms with E-state index in [4.69, 9.17) is 23.2 Å². The quantitative estimate of drug-likeness (QED) is 0.514. The van der Waals surface area contributed by atoms with E-state index < -0.39 is 16.9 Å². The fourth-order valence-electron chi connectivity index (χ4n) is 1.99. The zero-order valence-corrected chi connectivity index (χ0v) is 13.1. The summed E-state index contributed by atoms with van der Waals surface area (Å²) in [6.07, 6.45) is 0. The number of Topliss-reactive ketones (excluding diaryl/α,β-unsaturated/α-hetero) is 1. The van der Waals surface area contributed by atoms with E-state index in [0.29, 0.717) is 10.6 Å². The first-order valence-corrected chi connectivity index (χ1v) is 6.85. The molecule has 0 aromatic heterocycles. The molecule has 1 amide bonds. The molecule has 0 heterocycles. The molecule has 4 nitrogen and oxygen atoms in total. The highest BCUT2D eigenvalue weighted by atomic mass is 35.5. The van der Waals surface area contributed by atoms with Crippen LogP contribution in [-0.4, -0.2) is 39.3 Å². The van der Waals surface area contributed by atoms with Crippen molar-refractivity contribution in [2.24, 2.45) is 0 Å². The molecule has 20 heavy (non-hydrogen) atoms. The van der Waals surface area contributed by atoms with Crippen molar-refractivity contribution >= 4 is 34.4 Å². The van der Waals surface area contributed by atoms with Gasteiger partial charge < -0.3 is 10.0 Å². The molecular formula is C14H17Cl2NO3. The van der Waals surface area contributed by atoms with Crippen LogP contribution in [0.4, 0.5) is 4.79 Å². The van der Waals surface area contributed by atoms with E-state index in [-0.39, 0.29) is 12.4 Å². The van der Waals surface area contributed by atoms with Crippen LogP contribution in [-0.2, 0) is 0 Å². The van der Waals surface area contributed by atoms with Gasteiger partial charge in [0.05, 0.1) is 18.2 Å². The highest BCUT2D eigenvalue weighted by molar-refractivity contribution is 6.63. The fourth-order valence-corrected chi connectivity index (χ4v) is 2.56. The Labute approximate surface area is 128 Å². The summed E-state index contributed by atoms with van der Waals surface area (Å²) in [4.78, 5) is 25.2. The van der Waals surface area contributed by atoms with Crippen molar-refractivity contribution in [2.75, 3.05) is 6.61 Å². The number of benzene rings is 1. The molecular weight excluding hydrogens is 301 g/mol. The van der Waals surface area contributed by atoms with Crippen LogP contribution in [0.25, 0.3) is 0 Å². The Hall–Kier alpha value is -1.10. The third-order valence-electron chi connectivity index (χ3n) is 3.10. The lowest BCUT2D eigenvalue weighted by atomic mass is 9.98. The van der Waals surface area contributed by atoms with Gasteiger partial charge in [0.1, 0.15) is 0 Å². The number of aliphatic hydroxyl groups excluding tert-OH is 1. The third kappa shape index (κ3) is 3.72. The summed E-state index contributed by atoms with van der Waals surface area (Å²) in [7, 11) is 0. The standard InChI is InChI=1S/C14H17Cl2NO3/c1-9(17(13(16)20)14(2,3)8-18)12(19)10-5-4-6-11(15)7-10/h4-7,9,18H,8H2,1-3H3. The van der Waals surface area contributed by atoms with Gasteiger partial charge in [-0.05, 0) is 44.5 Å². The topological polar surface area (TPSA) is 57.6 Å².